The van der Waals surface area contributed by atoms with E-state index in [1.54, 1.807) is 48.5 Å². The minimum absolute atomic E-state index is 0.0689. The van der Waals surface area contributed by atoms with E-state index in [-0.39, 0.29) is 32.7 Å². The van der Waals surface area contributed by atoms with Gasteiger partial charge in [-0.25, -0.2) is 4.79 Å². The number of ether oxygens (including phenoxy) is 2. The summed E-state index contributed by atoms with van der Waals surface area (Å²) in [5.41, 5.74) is 22.1. The first-order valence-corrected chi connectivity index (χ1v) is 21.1. The van der Waals surface area contributed by atoms with Crippen molar-refractivity contribution in [2.75, 3.05) is 53.0 Å². The first-order chi connectivity index (χ1) is 29.9. The number of likely N-dealkylation sites (N-methyl/N-ethyl adjacent to an activating group) is 1. The number of hydrogen-bond donors (Lipinski definition) is 7. The van der Waals surface area contributed by atoms with Crippen LogP contribution in [-0.2, 0) is 32.0 Å². The van der Waals surface area contributed by atoms with E-state index >= 15 is 0 Å². The van der Waals surface area contributed by atoms with Gasteiger partial charge in [0.2, 0.25) is 17.7 Å². The molecule has 2 atom stereocenters. The predicted molar refractivity (Wildman–Crippen MR) is 240 cm³/mol. The number of benzene rings is 4. The minimum atomic E-state index is -1.32. The van der Waals surface area contributed by atoms with Gasteiger partial charge in [0.25, 0.3) is 5.91 Å². The highest BCUT2D eigenvalue weighted by Crippen LogP contribution is 2.40. The Balaban J connectivity index is 0.00000160. The van der Waals surface area contributed by atoms with Gasteiger partial charge in [0, 0.05) is 43.2 Å². The Morgan fingerprint density at radius 2 is 1.39 bits per heavy atom. The highest BCUT2D eigenvalue weighted by molar-refractivity contribution is 5.98. The Kier molecular flexibility index (Phi) is 19.4. The van der Waals surface area contributed by atoms with Crippen molar-refractivity contribution in [2.45, 2.75) is 64.5 Å². The molecule has 0 radical (unpaired) electrons. The molecule has 332 valence electrons. The number of carbonyl (C=O) groups is 5. The summed E-state index contributed by atoms with van der Waals surface area (Å²) in [7, 11) is 1.42. The van der Waals surface area contributed by atoms with E-state index in [2.05, 4.69) is 54.1 Å². The van der Waals surface area contributed by atoms with E-state index in [1.807, 2.05) is 12.1 Å². The smallest absolute Gasteiger partial charge is 0.326 e. The maximum atomic E-state index is 13.9. The van der Waals surface area contributed by atoms with Crippen molar-refractivity contribution >= 4 is 29.6 Å². The molecule has 1 aliphatic heterocycles. The molecule has 4 amide bonds. The number of fused-ring (bicyclic) bond motifs is 5. The predicted octanol–water partition coefficient (Wildman–Crippen LogP) is 3.95. The number of nitrogens with zero attached hydrogens (tertiary/aromatic N) is 1. The average molecular weight is 852 g/mol. The van der Waals surface area contributed by atoms with Gasteiger partial charge in [-0.3, -0.25) is 19.2 Å². The molecule has 0 saturated heterocycles. The third-order valence-electron chi connectivity index (χ3n) is 10.1. The molecule has 4 bridgehead atoms. The summed E-state index contributed by atoms with van der Waals surface area (Å²) in [5, 5.41) is 17.6. The largest absolute Gasteiger partial charge is 0.492 e. The topological polar surface area (TPSA) is 241 Å². The average Bonchev–Trinajstić information content (AvgIpc) is 3.28. The van der Waals surface area contributed by atoms with Gasteiger partial charge >= 0.3 is 5.97 Å². The van der Waals surface area contributed by atoms with Crippen LogP contribution in [0.5, 0.6) is 11.5 Å². The second kappa shape index (κ2) is 24.8. The first-order valence-electron chi connectivity index (χ1n) is 21.1. The normalized spacial score (nSPS) is 14.8. The Bertz CT molecular complexity index is 2110. The Morgan fingerprint density at radius 1 is 0.790 bits per heavy atom. The van der Waals surface area contributed by atoms with Gasteiger partial charge < -0.3 is 52.6 Å². The molecular formula is C47H61N7O8. The lowest BCUT2D eigenvalue weighted by atomic mass is 9.94. The molecule has 15 heteroatoms. The second-order valence-corrected chi connectivity index (χ2v) is 14.9. The molecule has 4 aromatic rings. The summed E-state index contributed by atoms with van der Waals surface area (Å²) < 4.78 is 12.0. The highest BCUT2D eigenvalue weighted by Gasteiger charge is 2.31. The lowest BCUT2D eigenvalue weighted by Crippen LogP contribution is -2.49. The molecule has 5 rings (SSSR count). The summed E-state index contributed by atoms with van der Waals surface area (Å²) in [4.78, 5) is 67.2. The van der Waals surface area contributed by atoms with Gasteiger partial charge in [-0.1, -0.05) is 75.2 Å². The Hall–Kier alpha value is -6.29. The van der Waals surface area contributed by atoms with Gasteiger partial charge in [0.1, 0.15) is 36.8 Å². The van der Waals surface area contributed by atoms with E-state index in [0.717, 1.165) is 36.9 Å². The number of hydrogen-bond acceptors (Lipinski definition) is 10. The van der Waals surface area contributed by atoms with Crippen molar-refractivity contribution in [1.29, 1.82) is 0 Å². The molecule has 1 aliphatic rings. The number of nitrogens with two attached hydrogens (primary N) is 3. The van der Waals surface area contributed by atoms with Crippen LogP contribution in [0.25, 0.3) is 22.3 Å². The zero-order valence-corrected chi connectivity index (χ0v) is 35.9. The number of amides is 4. The molecular weight excluding hydrogens is 791 g/mol. The van der Waals surface area contributed by atoms with Gasteiger partial charge in [0.15, 0.2) is 0 Å². The number of rotatable bonds is 17. The van der Waals surface area contributed by atoms with Crippen molar-refractivity contribution in [2.24, 2.45) is 17.2 Å². The fourth-order valence-electron chi connectivity index (χ4n) is 6.72. The molecule has 0 saturated carbocycles. The van der Waals surface area contributed by atoms with E-state index in [9.17, 15) is 29.1 Å². The van der Waals surface area contributed by atoms with Crippen LogP contribution in [0.1, 0.15) is 72.6 Å². The van der Waals surface area contributed by atoms with Crippen molar-refractivity contribution in [1.82, 2.24) is 20.9 Å². The van der Waals surface area contributed by atoms with Crippen LogP contribution in [0.15, 0.2) is 84.9 Å². The molecule has 1 heterocycles. The molecule has 0 aromatic heterocycles. The standard InChI is InChI=1S/C43H50N6O8.C4H11N/c1-3-4-5-27-6-9-29(10-7-27)30-11-13-31(14-12-30)41(52)47-26-39(51)49(2)40-32-15-17-37(57-21-19-45)34(24-32)33-22-28(8-16-36(33)56-20-18-44)23-35(43(54)55)48-38(50)25-46-42(40)53;1-2-3-4-5/h6-17,22,24,35,40H,3-5,18-21,23,25-26,44-45H2,1-2H3,(H,46,53)(H,47,52)(H,48,50)(H,54,55);2-5H2,1H3. The van der Waals surface area contributed by atoms with Crippen LogP contribution in [-0.4, -0.2) is 98.6 Å². The number of aliphatic carboxylic acids is 1. The summed E-state index contributed by atoms with van der Waals surface area (Å²) in [6, 6.07) is 22.8. The summed E-state index contributed by atoms with van der Waals surface area (Å²) in [5.74, 6) is -3.01. The third kappa shape index (κ3) is 13.9. The fraction of sp³-hybridized carbons (Fsp3) is 0.383. The molecule has 0 fully saturated rings. The SMILES string of the molecule is CCCCN.CCCCc1ccc(-c2ccc(C(=O)NCC(=O)N(C)C3C(=O)NCC(=O)NC(C(=O)O)Cc4ccc(OCCN)c(c4)-c4cc3ccc4OCCN)cc2)cc1. The number of carbonyl (C=O) groups excluding carboxylic acids is 4. The zero-order chi connectivity index (χ0) is 45.0. The highest BCUT2D eigenvalue weighted by atomic mass is 16.5. The van der Waals surface area contributed by atoms with E-state index in [1.165, 1.54) is 30.4 Å². The summed E-state index contributed by atoms with van der Waals surface area (Å²) in [6.45, 7) is 4.90. The van der Waals surface area contributed by atoms with Crippen LogP contribution in [0.2, 0.25) is 0 Å². The lowest BCUT2D eigenvalue weighted by Gasteiger charge is -2.29. The molecule has 0 aliphatic carbocycles. The number of aryl methyl sites for hydroxylation is 1. The van der Waals surface area contributed by atoms with Crippen LogP contribution in [0, 0.1) is 0 Å². The van der Waals surface area contributed by atoms with E-state index < -0.39 is 54.8 Å². The van der Waals surface area contributed by atoms with Crippen molar-refractivity contribution < 1.29 is 38.6 Å². The van der Waals surface area contributed by atoms with Gasteiger partial charge in [0.05, 0.1) is 13.1 Å². The van der Waals surface area contributed by atoms with Crippen molar-refractivity contribution in [3.63, 3.8) is 0 Å². The molecule has 0 spiro atoms. The molecule has 2 unspecified atom stereocenters. The maximum absolute atomic E-state index is 13.9. The summed E-state index contributed by atoms with van der Waals surface area (Å²) in [6.07, 6.45) is 5.60. The number of carboxylic acid groups (broad SMARTS) is 1. The van der Waals surface area contributed by atoms with Crippen LogP contribution in [0.4, 0.5) is 0 Å². The van der Waals surface area contributed by atoms with E-state index in [4.69, 9.17) is 26.7 Å². The van der Waals surface area contributed by atoms with Crippen molar-refractivity contribution in [3.8, 4) is 33.8 Å². The quantitative estimate of drug-likeness (QED) is 0.0803. The van der Waals surface area contributed by atoms with Crippen LogP contribution in [0.3, 0.4) is 0 Å². The monoisotopic (exact) mass is 851 g/mol. The zero-order valence-electron chi connectivity index (χ0n) is 35.9. The molecule has 62 heavy (non-hydrogen) atoms. The van der Waals surface area contributed by atoms with E-state index in [0.29, 0.717) is 39.3 Å². The fourth-order valence-corrected chi connectivity index (χ4v) is 6.72. The lowest BCUT2D eigenvalue weighted by molar-refractivity contribution is -0.142. The van der Waals surface area contributed by atoms with Gasteiger partial charge in [-0.05, 0) is 90.0 Å². The first kappa shape index (κ1) is 48.4. The van der Waals surface area contributed by atoms with Gasteiger partial charge in [-0.15, -0.1) is 0 Å². The Labute approximate surface area is 363 Å². The number of unbranched alkanes of at least 4 members (excludes halogenated alkanes) is 2. The molecule has 10 N–H and O–H groups in total. The Morgan fingerprint density at radius 3 is 1.95 bits per heavy atom. The number of carboxylic acids is 1. The maximum Gasteiger partial charge on any atom is 0.326 e. The second-order valence-electron chi connectivity index (χ2n) is 14.9. The third-order valence-corrected chi connectivity index (χ3v) is 10.1. The van der Waals surface area contributed by atoms with Gasteiger partial charge in [-0.2, -0.15) is 0 Å². The minimum Gasteiger partial charge on any atom is -0.492 e. The number of nitrogens with one attached hydrogen (secondary N) is 3. The molecule has 4 aromatic carbocycles. The summed E-state index contributed by atoms with van der Waals surface area (Å²) >= 11 is 0. The molecule has 15 nitrogen and oxygen atoms in total. The van der Waals surface area contributed by atoms with Crippen molar-refractivity contribution in [3.05, 3.63) is 107 Å². The van der Waals surface area contributed by atoms with Crippen LogP contribution < -0.4 is 42.6 Å². The van der Waals surface area contributed by atoms with Crippen LogP contribution >= 0.6 is 0 Å².